The SMILES string of the molecule is CC(C)c1cc(C(=O)OCC(=O)Nc2sc3c(c2C#N)CCCCC3)c2cnn(C(C)C)c2n1. The second-order valence-corrected chi connectivity index (χ2v) is 10.3. The van der Waals surface area contributed by atoms with Gasteiger partial charge < -0.3 is 10.1 Å². The fourth-order valence-corrected chi connectivity index (χ4v) is 5.46. The topological polar surface area (TPSA) is 110 Å². The van der Waals surface area contributed by atoms with Crippen LogP contribution in [0, 0.1) is 11.3 Å². The van der Waals surface area contributed by atoms with Gasteiger partial charge in [-0.1, -0.05) is 20.3 Å². The van der Waals surface area contributed by atoms with E-state index in [0.29, 0.717) is 27.2 Å². The number of carbonyl (C=O) groups is 2. The highest BCUT2D eigenvalue weighted by atomic mass is 32.1. The van der Waals surface area contributed by atoms with Gasteiger partial charge in [-0.3, -0.25) is 4.79 Å². The van der Waals surface area contributed by atoms with Crippen LogP contribution in [-0.4, -0.2) is 33.2 Å². The Hall–Kier alpha value is -3.25. The normalized spacial score (nSPS) is 13.6. The summed E-state index contributed by atoms with van der Waals surface area (Å²) in [6.45, 7) is 7.56. The van der Waals surface area contributed by atoms with E-state index in [1.807, 2.05) is 27.7 Å². The molecule has 9 heteroatoms. The number of hydrogen-bond donors (Lipinski definition) is 1. The molecule has 1 amide bonds. The third kappa shape index (κ3) is 4.68. The van der Waals surface area contributed by atoms with E-state index in [2.05, 4.69) is 16.5 Å². The minimum absolute atomic E-state index is 0.0808. The average molecular weight is 480 g/mol. The lowest BCUT2D eigenvalue weighted by Gasteiger charge is -2.12. The highest BCUT2D eigenvalue weighted by molar-refractivity contribution is 7.16. The maximum absolute atomic E-state index is 13.0. The molecule has 0 spiro atoms. The highest BCUT2D eigenvalue weighted by Crippen LogP contribution is 2.37. The number of ether oxygens (including phenoxy) is 1. The van der Waals surface area contributed by atoms with Crippen molar-refractivity contribution in [2.75, 3.05) is 11.9 Å². The summed E-state index contributed by atoms with van der Waals surface area (Å²) in [4.78, 5) is 31.4. The van der Waals surface area contributed by atoms with Crippen LogP contribution in [0.2, 0.25) is 0 Å². The van der Waals surface area contributed by atoms with E-state index in [1.165, 1.54) is 16.2 Å². The molecule has 4 rings (SSSR count). The van der Waals surface area contributed by atoms with Crippen molar-refractivity contribution in [3.63, 3.8) is 0 Å². The third-order valence-electron chi connectivity index (χ3n) is 6.01. The van der Waals surface area contributed by atoms with E-state index in [1.54, 1.807) is 16.9 Å². The molecule has 8 nitrogen and oxygen atoms in total. The maximum Gasteiger partial charge on any atom is 0.339 e. The molecule has 178 valence electrons. The minimum Gasteiger partial charge on any atom is -0.452 e. The molecule has 0 saturated heterocycles. The Kier molecular flexibility index (Phi) is 6.98. The lowest BCUT2D eigenvalue weighted by molar-refractivity contribution is -0.119. The van der Waals surface area contributed by atoms with Gasteiger partial charge in [0.05, 0.1) is 22.7 Å². The molecule has 3 aromatic heterocycles. The zero-order chi connectivity index (χ0) is 24.4. The Bertz CT molecular complexity index is 1280. The van der Waals surface area contributed by atoms with Crippen LogP contribution in [0.5, 0.6) is 0 Å². The molecule has 3 heterocycles. The molecule has 0 bridgehead atoms. The molecule has 1 aliphatic carbocycles. The standard InChI is InChI=1S/C25H29N5O3S/c1-14(2)20-10-17(19-12-27-30(15(3)4)23(19)28-20)25(32)33-13-22(31)29-24-18(11-26)16-8-6-5-7-9-21(16)34-24/h10,12,14-15H,5-9,13H2,1-4H3,(H,29,31). The summed E-state index contributed by atoms with van der Waals surface area (Å²) in [6, 6.07) is 4.04. The van der Waals surface area contributed by atoms with Crippen molar-refractivity contribution in [1.82, 2.24) is 14.8 Å². The monoisotopic (exact) mass is 479 g/mol. The first-order chi connectivity index (χ1) is 16.3. The zero-order valence-corrected chi connectivity index (χ0v) is 20.8. The Labute approximate surface area is 202 Å². The fraction of sp³-hybridized carbons (Fsp3) is 0.480. The largest absolute Gasteiger partial charge is 0.452 e. The van der Waals surface area contributed by atoms with Crippen molar-refractivity contribution >= 4 is 39.2 Å². The minimum atomic E-state index is -0.602. The zero-order valence-electron chi connectivity index (χ0n) is 20.0. The van der Waals surface area contributed by atoms with Crippen LogP contribution in [0.4, 0.5) is 5.00 Å². The van der Waals surface area contributed by atoms with Gasteiger partial charge in [-0.05, 0) is 57.1 Å². The summed E-state index contributed by atoms with van der Waals surface area (Å²) in [7, 11) is 0. The summed E-state index contributed by atoms with van der Waals surface area (Å²) >= 11 is 1.46. The maximum atomic E-state index is 13.0. The molecule has 0 saturated carbocycles. The van der Waals surface area contributed by atoms with Crippen molar-refractivity contribution in [3.8, 4) is 6.07 Å². The van der Waals surface area contributed by atoms with Crippen LogP contribution in [0.1, 0.15) is 91.0 Å². The average Bonchev–Trinajstić information content (AvgIpc) is 3.29. The number of pyridine rings is 1. The van der Waals surface area contributed by atoms with E-state index in [-0.39, 0.29) is 12.0 Å². The fourth-order valence-electron chi connectivity index (χ4n) is 4.20. The number of thiophene rings is 1. The number of fused-ring (bicyclic) bond motifs is 2. The molecule has 3 aromatic rings. The van der Waals surface area contributed by atoms with Gasteiger partial charge in [-0.25, -0.2) is 14.5 Å². The Morgan fingerprint density at radius 2 is 2.00 bits per heavy atom. The number of rotatable bonds is 6. The van der Waals surface area contributed by atoms with Gasteiger partial charge in [-0.15, -0.1) is 11.3 Å². The van der Waals surface area contributed by atoms with Crippen molar-refractivity contribution in [2.24, 2.45) is 0 Å². The van der Waals surface area contributed by atoms with E-state index in [9.17, 15) is 14.9 Å². The molecule has 0 atom stereocenters. The van der Waals surface area contributed by atoms with Crippen LogP contribution in [0.3, 0.4) is 0 Å². The molecule has 34 heavy (non-hydrogen) atoms. The number of nitrogens with one attached hydrogen (secondary N) is 1. The quantitative estimate of drug-likeness (QED) is 0.387. The summed E-state index contributed by atoms with van der Waals surface area (Å²) < 4.78 is 7.15. The van der Waals surface area contributed by atoms with Crippen molar-refractivity contribution in [3.05, 3.63) is 39.5 Å². The van der Waals surface area contributed by atoms with Gasteiger partial charge in [0.25, 0.3) is 5.91 Å². The summed E-state index contributed by atoms with van der Waals surface area (Å²) in [5, 5.41) is 18.0. The molecule has 0 unspecified atom stereocenters. The van der Waals surface area contributed by atoms with Crippen LogP contribution in [0.15, 0.2) is 12.3 Å². The second kappa shape index (κ2) is 9.94. The number of aromatic nitrogens is 3. The molecule has 0 fully saturated rings. The lowest BCUT2D eigenvalue weighted by atomic mass is 10.1. The molecule has 1 aliphatic rings. The van der Waals surface area contributed by atoms with Crippen molar-refractivity contribution < 1.29 is 14.3 Å². The molecular weight excluding hydrogens is 450 g/mol. The molecule has 0 radical (unpaired) electrons. The van der Waals surface area contributed by atoms with E-state index in [4.69, 9.17) is 9.72 Å². The Morgan fingerprint density at radius 1 is 1.24 bits per heavy atom. The van der Waals surface area contributed by atoms with Crippen LogP contribution < -0.4 is 5.32 Å². The molecule has 0 aromatic carbocycles. The number of aryl methyl sites for hydroxylation is 1. The van der Waals surface area contributed by atoms with Gasteiger partial charge in [-0.2, -0.15) is 10.4 Å². The number of esters is 1. The second-order valence-electron chi connectivity index (χ2n) is 9.17. The molecule has 0 aliphatic heterocycles. The smallest absolute Gasteiger partial charge is 0.339 e. The number of nitrogens with zero attached hydrogens (tertiary/aromatic N) is 4. The predicted octanol–water partition coefficient (Wildman–Crippen LogP) is 5.13. The van der Waals surface area contributed by atoms with Gasteiger partial charge in [0, 0.05) is 16.6 Å². The van der Waals surface area contributed by atoms with Crippen molar-refractivity contribution in [2.45, 2.75) is 71.8 Å². The Balaban J connectivity index is 1.51. The van der Waals surface area contributed by atoms with Crippen LogP contribution in [0.25, 0.3) is 11.0 Å². The summed E-state index contributed by atoms with van der Waals surface area (Å²) in [6.07, 6.45) is 6.70. The first kappa shape index (κ1) is 23.9. The van der Waals surface area contributed by atoms with E-state index in [0.717, 1.165) is 43.4 Å². The van der Waals surface area contributed by atoms with Crippen LogP contribution in [-0.2, 0) is 22.4 Å². The van der Waals surface area contributed by atoms with Crippen molar-refractivity contribution in [1.29, 1.82) is 5.26 Å². The lowest BCUT2D eigenvalue weighted by Crippen LogP contribution is -2.21. The van der Waals surface area contributed by atoms with E-state index >= 15 is 0 Å². The molecular formula is C25H29N5O3S. The first-order valence-electron chi connectivity index (χ1n) is 11.7. The van der Waals surface area contributed by atoms with Gasteiger partial charge in [0.1, 0.15) is 11.1 Å². The highest BCUT2D eigenvalue weighted by Gasteiger charge is 2.23. The Morgan fingerprint density at radius 3 is 2.71 bits per heavy atom. The van der Waals surface area contributed by atoms with E-state index < -0.39 is 18.5 Å². The number of anilines is 1. The van der Waals surface area contributed by atoms with Gasteiger partial charge in [0.2, 0.25) is 0 Å². The van der Waals surface area contributed by atoms with Crippen LogP contribution >= 0.6 is 11.3 Å². The number of nitriles is 1. The van der Waals surface area contributed by atoms with Gasteiger partial charge >= 0.3 is 5.97 Å². The number of amides is 1. The summed E-state index contributed by atoms with van der Waals surface area (Å²) in [5.74, 6) is -0.961. The first-order valence-corrected chi connectivity index (χ1v) is 12.5. The predicted molar refractivity (Wildman–Crippen MR) is 131 cm³/mol. The molecule has 1 N–H and O–H groups in total. The summed E-state index contributed by atoms with van der Waals surface area (Å²) in [5.41, 5.74) is 3.32. The third-order valence-corrected chi connectivity index (χ3v) is 7.21. The number of carbonyl (C=O) groups excluding carboxylic acids is 2. The number of hydrogen-bond acceptors (Lipinski definition) is 7. The van der Waals surface area contributed by atoms with Gasteiger partial charge in [0.15, 0.2) is 12.3 Å².